The van der Waals surface area contributed by atoms with Gasteiger partial charge in [0.25, 0.3) is 0 Å². The van der Waals surface area contributed by atoms with Crippen molar-refractivity contribution in [2.75, 3.05) is 39.6 Å². The molecule has 0 bridgehead atoms. The smallest absolute Gasteiger partial charge is 0.462 e. The molecule has 94 heavy (non-hydrogen) atoms. The van der Waals surface area contributed by atoms with Crippen molar-refractivity contribution in [2.45, 2.75) is 412 Å². The summed E-state index contributed by atoms with van der Waals surface area (Å²) in [6.07, 6.45) is 57.3. The van der Waals surface area contributed by atoms with Crippen LogP contribution in [-0.4, -0.2) is 96.7 Å². The van der Waals surface area contributed by atoms with E-state index in [1.807, 2.05) is 0 Å². The van der Waals surface area contributed by atoms with E-state index in [1.54, 1.807) is 0 Å². The van der Waals surface area contributed by atoms with Gasteiger partial charge in [-0.2, -0.15) is 0 Å². The summed E-state index contributed by atoms with van der Waals surface area (Å²) in [4.78, 5) is 72.4. The molecule has 3 N–H and O–H groups in total. The van der Waals surface area contributed by atoms with E-state index in [4.69, 9.17) is 37.0 Å². The minimum atomic E-state index is -4.95. The molecule has 0 radical (unpaired) electrons. The Kier molecular flexibility index (Phi) is 66.8. The van der Waals surface area contributed by atoms with Gasteiger partial charge in [-0.15, -0.1) is 0 Å². The molecule has 0 rings (SSSR count). The molecular formula is C75H146O17P2. The van der Waals surface area contributed by atoms with Gasteiger partial charge >= 0.3 is 39.5 Å². The van der Waals surface area contributed by atoms with E-state index in [0.717, 1.165) is 102 Å². The largest absolute Gasteiger partial charge is 0.472 e. The van der Waals surface area contributed by atoms with Crippen LogP contribution in [0.4, 0.5) is 0 Å². The van der Waals surface area contributed by atoms with E-state index in [9.17, 15) is 43.2 Å². The monoisotopic (exact) mass is 1380 g/mol. The number of esters is 4. The second-order valence-electron chi connectivity index (χ2n) is 27.3. The van der Waals surface area contributed by atoms with Gasteiger partial charge in [-0.1, -0.05) is 343 Å². The Morgan fingerprint density at radius 1 is 0.298 bits per heavy atom. The van der Waals surface area contributed by atoms with Crippen LogP contribution in [0.1, 0.15) is 394 Å². The summed E-state index contributed by atoms with van der Waals surface area (Å²) in [5.41, 5.74) is 0. The Morgan fingerprint density at radius 3 is 0.755 bits per heavy atom. The first-order valence-electron chi connectivity index (χ1n) is 39.2. The number of unbranched alkanes of at least 4 members (excludes halogenated alkanes) is 46. The quantitative estimate of drug-likeness (QED) is 0.0222. The van der Waals surface area contributed by atoms with Crippen LogP contribution in [0, 0.1) is 5.92 Å². The van der Waals surface area contributed by atoms with Crippen LogP contribution < -0.4 is 0 Å². The van der Waals surface area contributed by atoms with E-state index in [2.05, 4.69) is 34.6 Å². The van der Waals surface area contributed by atoms with Crippen LogP contribution in [0.3, 0.4) is 0 Å². The molecule has 0 fully saturated rings. The molecule has 19 heteroatoms. The van der Waals surface area contributed by atoms with Crippen molar-refractivity contribution in [3.8, 4) is 0 Å². The van der Waals surface area contributed by atoms with Gasteiger partial charge in [0, 0.05) is 25.7 Å². The number of ether oxygens (including phenoxy) is 4. The van der Waals surface area contributed by atoms with Gasteiger partial charge < -0.3 is 33.8 Å². The first-order valence-corrected chi connectivity index (χ1v) is 42.2. The normalized spacial score (nSPS) is 14.3. The van der Waals surface area contributed by atoms with Gasteiger partial charge in [-0.05, 0) is 31.6 Å². The van der Waals surface area contributed by atoms with Crippen molar-refractivity contribution in [2.24, 2.45) is 5.92 Å². The second kappa shape index (κ2) is 68.2. The standard InChI is InChI=1S/C75H146O17P2/c1-6-10-13-16-18-20-22-23-24-25-26-27-28-29-34-38-42-46-51-56-61-75(80)92-71(65-86-73(78)59-54-49-44-40-37-33-31-30-32-36-39-43-48-52-57-68(5)9-4)67-90-94(83,84)88-63-69(76)62-87-93(81,82)89-66-70(64-85-72(77)58-53-47-15-12-8-3)91-74(79)60-55-50-45-41-35-21-19-17-14-11-7-2/h68-71,76H,6-67H2,1-5H3,(H,81,82)(H,83,84)/t68?,69-,70+,71+/m0/s1. The fourth-order valence-corrected chi connectivity index (χ4v) is 13.1. The molecule has 0 aromatic heterocycles. The summed E-state index contributed by atoms with van der Waals surface area (Å²) in [5.74, 6) is -1.28. The van der Waals surface area contributed by atoms with Gasteiger partial charge in [0.1, 0.15) is 19.3 Å². The number of aliphatic hydroxyl groups is 1. The molecule has 3 unspecified atom stereocenters. The Balaban J connectivity index is 5.13. The zero-order valence-corrected chi connectivity index (χ0v) is 62.9. The fraction of sp³-hybridized carbons (Fsp3) is 0.947. The summed E-state index contributed by atoms with van der Waals surface area (Å²) in [6, 6.07) is 0. The SMILES string of the molecule is CCCCCCCCCCCCCCCCCCCCCCC(=O)O[C@H](COC(=O)CCCCCCCCCCCCCCCCC(C)CC)COP(=O)(O)OC[C@@H](O)COP(=O)(O)OC[C@@H](COC(=O)CCCCCCC)OC(=O)CCCCCCCCCCCCC. The highest BCUT2D eigenvalue weighted by molar-refractivity contribution is 7.47. The first kappa shape index (κ1) is 92.1. The topological polar surface area (TPSA) is 237 Å². The van der Waals surface area contributed by atoms with E-state index in [0.29, 0.717) is 25.7 Å². The van der Waals surface area contributed by atoms with E-state index >= 15 is 0 Å². The van der Waals surface area contributed by atoms with Gasteiger partial charge in [0.15, 0.2) is 12.2 Å². The molecule has 0 aliphatic heterocycles. The lowest BCUT2D eigenvalue weighted by molar-refractivity contribution is -0.161. The number of carbonyl (C=O) groups excluding carboxylic acids is 4. The Morgan fingerprint density at radius 2 is 0.511 bits per heavy atom. The van der Waals surface area contributed by atoms with Crippen LogP contribution in [0.2, 0.25) is 0 Å². The second-order valence-corrected chi connectivity index (χ2v) is 30.2. The third kappa shape index (κ3) is 67.3. The van der Waals surface area contributed by atoms with Crippen LogP contribution >= 0.6 is 15.6 Å². The van der Waals surface area contributed by atoms with E-state index in [1.165, 1.54) is 212 Å². The van der Waals surface area contributed by atoms with Crippen LogP contribution in [-0.2, 0) is 65.4 Å². The number of rotatable bonds is 75. The maximum Gasteiger partial charge on any atom is 0.472 e. The highest BCUT2D eigenvalue weighted by atomic mass is 31.2. The van der Waals surface area contributed by atoms with Crippen molar-refractivity contribution in [3.05, 3.63) is 0 Å². The molecule has 0 saturated carbocycles. The van der Waals surface area contributed by atoms with Crippen LogP contribution in [0.25, 0.3) is 0 Å². The molecular weight excluding hydrogens is 1230 g/mol. The zero-order chi connectivity index (χ0) is 69.1. The van der Waals surface area contributed by atoms with E-state index < -0.39 is 97.5 Å². The minimum Gasteiger partial charge on any atom is -0.462 e. The van der Waals surface area contributed by atoms with Crippen molar-refractivity contribution >= 4 is 39.5 Å². The van der Waals surface area contributed by atoms with E-state index in [-0.39, 0.29) is 25.7 Å². The molecule has 0 spiro atoms. The molecule has 558 valence electrons. The molecule has 0 amide bonds. The highest BCUT2D eigenvalue weighted by Crippen LogP contribution is 2.45. The van der Waals surface area contributed by atoms with Crippen molar-refractivity contribution < 1.29 is 80.2 Å². The molecule has 17 nitrogen and oxygen atoms in total. The lowest BCUT2D eigenvalue weighted by Crippen LogP contribution is -2.30. The summed E-state index contributed by atoms with van der Waals surface area (Å²) < 4.78 is 68.2. The average Bonchev–Trinajstić information content (AvgIpc) is 1.54. The van der Waals surface area contributed by atoms with Crippen molar-refractivity contribution in [1.82, 2.24) is 0 Å². The van der Waals surface area contributed by atoms with Crippen LogP contribution in [0.5, 0.6) is 0 Å². The predicted octanol–water partition coefficient (Wildman–Crippen LogP) is 22.1. The highest BCUT2D eigenvalue weighted by Gasteiger charge is 2.30. The Labute approximate surface area is 575 Å². The lowest BCUT2D eigenvalue weighted by Gasteiger charge is -2.21. The minimum absolute atomic E-state index is 0.106. The summed E-state index contributed by atoms with van der Waals surface area (Å²) >= 11 is 0. The van der Waals surface area contributed by atoms with Gasteiger partial charge in [0.2, 0.25) is 0 Å². The predicted molar refractivity (Wildman–Crippen MR) is 382 cm³/mol. The lowest BCUT2D eigenvalue weighted by atomic mass is 9.99. The third-order valence-electron chi connectivity index (χ3n) is 17.9. The number of phosphoric ester groups is 2. The molecule has 0 aliphatic carbocycles. The molecule has 6 atom stereocenters. The Hall–Kier alpha value is -1.94. The first-order chi connectivity index (χ1) is 45.6. The zero-order valence-electron chi connectivity index (χ0n) is 61.1. The molecule has 0 aromatic carbocycles. The number of hydrogen-bond acceptors (Lipinski definition) is 15. The van der Waals surface area contributed by atoms with Gasteiger partial charge in [0.05, 0.1) is 26.4 Å². The number of aliphatic hydroxyl groups excluding tert-OH is 1. The molecule has 0 saturated heterocycles. The number of hydrogen-bond donors (Lipinski definition) is 3. The summed E-state index contributed by atoms with van der Waals surface area (Å²) in [7, 11) is -9.90. The number of phosphoric acid groups is 2. The third-order valence-corrected chi connectivity index (χ3v) is 19.8. The van der Waals surface area contributed by atoms with Crippen LogP contribution in [0.15, 0.2) is 0 Å². The fourth-order valence-electron chi connectivity index (χ4n) is 11.5. The number of carbonyl (C=O) groups is 4. The maximum atomic E-state index is 13.1. The van der Waals surface area contributed by atoms with Gasteiger partial charge in [-0.25, -0.2) is 9.13 Å². The van der Waals surface area contributed by atoms with Crippen molar-refractivity contribution in [1.29, 1.82) is 0 Å². The van der Waals surface area contributed by atoms with Gasteiger partial charge in [-0.3, -0.25) is 37.3 Å². The molecule has 0 aromatic rings. The molecule has 0 heterocycles. The molecule has 0 aliphatic rings. The summed E-state index contributed by atoms with van der Waals surface area (Å²) in [6.45, 7) is 7.25. The Bertz CT molecular complexity index is 1810. The average molecular weight is 1380 g/mol. The maximum absolute atomic E-state index is 13.1. The summed E-state index contributed by atoms with van der Waals surface area (Å²) in [5, 5.41) is 10.6. The van der Waals surface area contributed by atoms with Crippen molar-refractivity contribution in [3.63, 3.8) is 0 Å².